The highest BCUT2D eigenvalue weighted by Crippen LogP contribution is 2.25. The van der Waals surface area contributed by atoms with Crippen LogP contribution in [-0.4, -0.2) is 46.7 Å². The summed E-state index contributed by atoms with van der Waals surface area (Å²) in [5, 5.41) is 0.693. The van der Waals surface area contributed by atoms with E-state index in [0.717, 1.165) is 49.0 Å². The molecule has 0 radical (unpaired) electrons. The van der Waals surface area contributed by atoms with Gasteiger partial charge in [-0.15, -0.1) is 0 Å². The number of benzene rings is 2. The molecule has 4 rings (SSSR count). The first-order valence-corrected chi connectivity index (χ1v) is 11.7. The fourth-order valence-electron chi connectivity index (χ4n) is 4.52. The summed E-state index contributed by atoms with van der Waals surface area (Å²) in [5.41, 5.74) is 4.04. The van der Waals surface area contributed by atoms with Gasteiger partial charge in [0.1, 0.15) is 6.54 Å². The predicted molar refractivity (Wildman–Crippen MR) is 131 cm³/mol. The van der Waals surface area contributed by atoms with Crippen LogP contribution in [0.2, 0.25) is 0 Å². The maximum atomic E-state index is 13.4. The topological polar surface area (TPSA) is 62.6 Å². The van der Waals surface area contributed by atoms with Crippen molar-refractivity contribution in [1.29, 1.82) is 0 Å². The molecule has 0 aliphatic carbocycles. The number of ketones is 1. The molecular formula is C27H31N3O3. The summed E-state index contributed by atoms with van der Waals surface area (Å²) in [4.78, 5) is 42.9. The monoisotopic (exact) mass is 445 g/mol. The molecule has 6 nitrogen and oxygen atoms in total. The van der Waals surface area contributed by atoms with Crippen molar-refractivity contribution in [2.75, 3.05) is 24.5 Å². The van der Waals surface area contributed by atoms with Crippen LogP contribution in [0.4, 0.5) is 5.69 Å². The Kier molecular flexibility index (Phi) is 6.63. The highest BCUT2D eigenvalue weighted by molar-refractivity contribution is 6.48. The van der Waals surface area contributed by atoms with Crippen molar-refractivity contribution in [3.63, 3.8) is 0 Å². The average Bonchev–Trinajstić information content (AvgIpc) is 3.20. The minimum Gasteiger partial charge on any atom is -0.341 e. The van der Waals surface area contributed by atoms with Crippen LogP contribution in [0.1, 0.15) is 47.7 Å². The zero-order valence-corrected chi connectivity index (χ0v) is 19.6. The minimum absolute atomic E-state index is 0.0473. The van der Waals surface area contributed by atoms with E-state index in [0.29, 0.717) is 23.2 Å². The van der Waals surface area contributed by atoms with Crippen LogP contribution in [0.25, 0.3) is 10.9 Å². The molecule has 1 fully saturated rings. The van der Waals surface area contributed by atoms with E-state index in [2.05, 4.69) is 0 Å². The molecule has 0 atom stereocenters. The number of rotatable bonds is 6. The predicted octanol–water partition coefficient (Wildman–Crippen LogP) is 4.51. The summed E-state index contributed by atoms with van der Waals surface area (Å²) < 4.78 is 1.80. The van der Waals surface area contributed by atoms with Gasteiger partial charge in [-0.05, 0) is 69.4 Å². The maximum Gasteiger partial charge on any atom is 0.299 e. The van der Waals surface area contributed by atoms with Crippen molar-refractivity contribution in [3.05, 3.63) is 65.4 Å². The van der Waals surface area contributed by atoms with Crippen LogP contribution >= 0.6 is 0 Å². The number of piperidine rings is 1. The van der Waals surface area contributed by atoms with Gasteiger partial charge in [0, 0.05) is 42.4 Å². The van der Waals surface area contributed by atoms with Gasteiger partial charge in [0.2, 0.25) is 5.91 Å². The van der Waals surface area contributed by atoms with Crippen LogP contribution in [-0.2, 0) is 16.1 Å². The third-order valence-electron chi connectivity index (χ3n) is 6.61. The summed E-state index contributed by atoms with van der Waals surface area (Å²) in [7, 11) is 0. The summed E-state index contributed by atoms with van der Waals surface area (Å²) in [6.07, 6.45) is 4.88. The molecule has 1 aliphatic rings. The van der Waals surface area contributed by atoms with Gasteiger partial charge >= 0.3 is 0 Å². The second-order valence-corrected chi connectivity index (χ2v) is 8.78. The first-order valence-electron chi connectivity index (χ1n) is 11.7. The first kappa shape index (κ1) is 22.8. The Labute approximate surface area is 194 Å². The van der Waals surface area contributed by atoms with E-state index in [1.807, 2.05) is 68.1 Å². The summed E-state index contributed by atoms with van der Waals surface area (Å²) in [6, 6.07) is 13.2. The summed E-state index contributed by atoms with van der Waals surface area (Å²) in [6.45, 7) is 7.98. The van der Waals surface area contributed by atoms with Gasteiger partial charge in [0.15, 0.2) is 0 Å². The van der Waals surface area contributed by atoms with E-state index in [9.17, 15) is 14.4 Å². The average molecular weight is 446 g/mol. The number of aryl methyl sites for hydroxylation is 2. The van der Waals surface area contributed by atoms with E-state index in [1.165, 1.54) is 4.90 Å². The highest BCUT2D eigenvalue weighted by Gasteiger charge is 2.27. The van der Waals surface area contributed by atoms with Gasteiger partial charge in [-0.1, -0.05) is 24.3 Å². The number of carbonyl (C=O) groups is 3. The van der Waals surface area contributed by atoms with Crippen LogP contribution in [0, 0.1) is 13.8 Å². The Bertz CT molecular complexity index is 1200. The van der Waals surface area contributed by atoms with Gasteiger partial charge in [-0.3, -0.25) is 14.4 Å². The smallest absolute Gasteiger partial charge is 0.299 e. The lowest BCUT2D eigenvalue weighted by atomic mass is 10.1. The van der Waals surface area contributed by atoms with Crippen molar-refractivity contribution >= 4 is 34.2 Å². The molecule has 2 heterocycles. The molecule has 33 heavy (non-hydrogen) atoms. The Hall–Kier alpha value is -3.41. The SMILES string of the molecule is CCN(C(=O)C(=O)c1cn(CC(=O)N2CCCCC2)c2ccccc12)c1ccc(C)c(C)c1. The maximum absolute atomic E-state index is 13.4. The molecule has 3 aromatic rings. The summed E-state index contributed by atoms with van der Waals surface area (Å²) >= 11 is 0. The molecule has 0 spiro atoms. The van der Waals surface area contributed by atoms with E-state index in [-0.39, 0.29) is 12.5 Å². The Morgan fingerprint density at radius 3 is 2.36 bits per heavy atom. The molecule has 0 bridgehead atoms. The fraction of sp³-hybridized carbons (Fsp3) is 0.370. The largest absolute Gasteiger partial charge is 0.341 e. The molecule has 0 unspecified atom stereocenters. The van der Waals surface area contributed by atoms with Gasteiger partial charge < -0.3 is 14.4 Å². The molecule has 172 valence electrons. The van der Waals surface area contributed by atoms with Gasteiger partial charge in [0.25, 0.3) is 11.7 Å². The number of anilines is 1. The van der Waals surface area contributed by atoms with Crippen molar-refractivity contribution < 1.29 is 14.4 Å². The van der Waals surface area contributed by atoms with Gasteiger partial charge in [0.05, 0.1) is 5.56 Å². The molecule has 1 aliphatic heterocycles. The lowest BCUT2D eigenvalue weighted by Gasteiger charge is -2.27. The first-order chi connectivity index (χ1) is 15.9. The number of likely N-dealkylation sites (N-methyl/N-ethyl adjacent to an activating group) is 1. The van der Waals surface area contributed by atoms with E-state index in [1.54, 1.807) is 10.8 Å². The zero-order valence-electron chi connectivity index (χ0n) is 19.6. The number of hydrogen-bond donors (Lipinski definition) is 0. The van der Waals surface area contributed by atoms with E-state index < -0.39 is 11.7 Å². The van der Waals surface area contributed by atoms with Crippen molar-refractivity contribution in [2.24, 2.45) is 0 Å². The minimum atomic E-state index is -0.564. The normalized spacial score (nSPS) is 13.8. The third-order valence-corrected chi connectivity index (χ3v) is 6.61. The third kappa shape index (κ3) is 4.56. The Morgan fingerprint density at radius 2 is 1.67 bits per heavy atom. The fourth-order valence-corrected chi connectivity index (χ4v) is 4.52. The van der Waals surface area contributed by atoms with Gasteiger partial charge in [-0.25, -0.2) is 0 Å². The second-order valence-electron chi connectivity index (χ2n) is 8.78. The standard InChI is InChI=1S/C27H31N3O3/c1-4-30(21-13-12-19(2)20(3)16-21)27(33)26(32)23-17-29(24-11-7-6-10-22(23)24)18-25(31)28-14-8-5-9-15-28/h6-7,10-13,16-17H,4-5,8-9,14-15,18H2,1-3H3. The molecule has 0 N–H and O–H groups in total. The quantitative estimate of drug-likeness (QED) is 0.414. The van der Waals surface area contributed by atoms with Gasteiger partial charge in [-0.2, -0.15) is 0 Å². The van der Waals surface area contributed by atoms with E-state index in [4.69, 9.17) is 0 Å². The zero-order chi connectivity index (χ0) is 23.5. The number of fused-ring (bicyclic) bond motifs is 1. The van der Waals surface area contributed by atoms with Crippen molar-refractivity contribution in [3.8, 4) is 0 Å². The molecular weight excluding hydrogens is 414 g/mol. The molecule has 1 saturated heterocycles. The van der Waals surface area contributed by atoms with Crippen LogP contribution < -0.4 is 4.90 Å². The Morgan fingerprint density at radius 1 is 0.939 bits per heavy atom. The van der Waals surface area contributed by atoms with Crippen molar-refractivity contribution in [2.45, 2.75) is 46.6 Å². The number of nitrogens with zero attached hydrogens (tertiary/aromatic N) is 3. The summed E-state index contributed by atoms with van der Waals surface area (Å²) in [5.74, 6) is -1.08. The number of para-hydroxylation sites is 1. The van der Waals surface area contributed by atoms with Crippen LogP contribution in [0.3, 0.4) is 0 Å². The number of amides is 2. The van der Waals surface area contributed by atoms with Crippen LogP contribution in [0.5, 0.6) is 0 Å². The Balaban J connectivity index is 1.64. The lowest BCUT2D eigenvalue weighted by Crippen LogP contribution is -2.37. The number of Topliss-reactive ketones (excluding diaryl/α,β-unsaturated/α-hetero) is 1. The van der Waals surface area contributed by atoms with Crippen LogP contribution in [0.15, 0.2) is 48.7 Å². The molecule has 2 amide bonds. The lowest BCUT2D eigenvalue weighted by molar-refractivity contribution is -0.132. The molecule has 6 heteroatoms. The number of hydrogen-bond acceptors (Lipinski definition) is 3. The second kappa shape index (κ2) is 9.61. The number of aromatic nitrogens is 1. The number of likely N-dealkylation sites (tertiary alicyclic amines) is 1. The number of carbonyl (C=O) groups excluding carboxylic acids is 3. The van der Waals surface area contributed by atoms with E-state index >= 15 is 0 Å². The highest BCUT2D eigenvalue weighted by atomic mass is 16.2. The van der Waals surface area contributed by atoms with Crippen molar-refractivity contribution in [1.82, 2.24) is 9.47 Å². The molecule has 1 aromatic heterocycles. The molecule has 2 aromatic carbocycles. The molecule has 0 saturated carbocycles.